The van der Waals surface area contributed by atoms with Crippen molar-refractivity contribution in [2.24, 2.45) is 0 Å². The average Bonchev–Trinajstić information content (AvgIpc) is 3.42. The Morgan fingerprint density at radius 2 is 1.29 bits per heavy atom. The van der Waals surface area contributed by atoms with E-state index in [4.69, 9.17) is 14.6 Å². The van der Waals surface area contributed by atoms with E-state index in [1.807, 2.05) is 52.4 Å². The Kier molecular flexibility index (Phi) is 13.3. The van der Waals surface area contributed by atoms with Gasteiger partial charge in [-0.1, -0.05) is 52.0 Å². The van der Waals surface area contributed by atoms with E-state index in [-0.39, 0.29) is 17.7 Å². The monoisotopic (exact) mass is 398 g/mol. The molecule has 0 atom stereocenters. The van der Waals surface area contributed by atoms with Crippen LogP contribution in [0.15, 0.2) is 24.8 Å². The fraction of sp³-hybridized carbons (Fsp3) is 0.789. The zero-order chi connectivity index (χ0) is 21.5. The Morgan fingerprint density at radius 1 is 0.821 bits per heavy atom. The Morgan fingerprint density at radius 3 is 1.57 bits per heavy atom. The van der Waals surface area contributed by atoms with Gasteiger partial charge in [0.1, 0.15) is 11.1 Å². The van der Waals surface area contributed by atoms with E-state index in [2.05, 4.69) is 27.5 Å². The van der Waals surface area contributed by atoms with Crippen molar-refractivity contribution in [3.63, 3.8) is 0 Å². The van der Waals surface area contributed by atoms with Gasteiger partial charge in [0.2, 0.25) is 0 Å². The first kappa shape index (κ1) is 26.2. The van der Waals surface area contributed by atoms with E-state index in [9.17, 15) is 0 Å². The van der Waals surface area contributed by atoms with Crippen LogP contribution < -0.4 is 0 Å². The second-order valence-electron chi connectivity index (χ2n) is 5.88. The fourth-order valence-corrected chi connectivity index (χ4v) is 2.42. The van der Waals surface area contributed by atoms with Gasteiger partial charge in [0.15, 0.2) is 0 Å². The van der Waals surface area contributed by atoms with E-state index < -0.39 is 0 Å². The highest BCUT2D eigenvalue weighted by molar-refractivity contribution is 4.92. The molecule has 162 valence electrons. The third-order valence-corrected chi connectivity index (χ3v) is 4.03. The van der Waals surface area contributed by atoms with E-state index in [0.717, 1.165) is 13.2 Å². The van der Waals surface area contributed by atoms with Gasteiger partial charge < -0.3 is 14.6 Å². The second-order valence-corrected chi connectivity index (χ2v) is 5.88. The molecule has 0 spiro atoms. The SMILES string of the molecule is CC.CC.CC.CC1(n2ccnn2)COC1.OCCC1(n2ccnn2)COC1. The van der Waals surface area contributed by atoms with Gasteiger partial charge in [-0.05, 0) is 6.92 Å². The van der Waals surface area contributed by atoms with E-state index in [1.165, 1.54) is 0 Å². The molecule has 0 unspecified atom stereocenters. The summed E-state index contributed by atoms with van der Waals surface area (Å²) in [7, 11) is 0. The van der Waals surface area contributed by atoms with E-state index in [1.54, 1.807) is 23.3 Å². The second kappa shape index (κ2) is 14.2. The number of hydrogen-bond donors (Lipinski definition) is 1. The molecule has 2 aliphatic rings. The van der Waals surface area contributed by atoms with Gasteiger partial charge in [0.25, 0.3) is 0 Å². The normalized spacial score (nSPS) is 17.3. The molecular weight excluding hydrogens is 360 g/mol. The quantitative estimate of drug-likeness (QED) is 0.844. The van der Waals surface area contributed by atoms with Crippen molar-refractivity contribution >= 4 is 0 Å². The molecule has 2 aliphatic heterocycles. The van der Waals surface area contributed by atoms with Crippen molar-refractivity contribution in [2.75, 3.05) is 33.0 Å². The Hall–Kier alpha value is -1.84. The zero-order valence-corrected chi connectivity index (χ0v) is 18.5. The third kappa shape index (κ3) is 6.65. The van der Waals surface area contributed by atoms with E-state index >= 15 is 0 Å². The maximum absolute atomic E-state index is 8.85. The maximum Gasteiger partial charge on any atom is 0.113 e. The number of aromatic nitrogens is 6. The smallest absolute Gasteiger partial charge is 0.113 e. The summed E-state index contributed by atoms with van der Waals surface area (Å²) in [6.07, 6.45) is 7.66. The molecule has 4 heterocycles. The lowest BCUT2D eigenvalue weighted by atomic mass is 9.94. The standard InChI is InChI=1S/C7H11N3O2.C6H9N3O.3C2H6/c11-4-1-7(5-12-6-7)10-3-2-8-9-10;1-6(4-10-5-6)9-3-2-7-8-9;3*1-2/h2-3,11H,1,4-6H2;2-3H,4-5H2,1H3;3*1-2H3. The molecule has 0 aromatic carbocycles. The molecule has 9 nitrogen and oxygen atoms in total. The number of hydrogen-bond acceptors (Lipinski definition) is 7. The lowest BCUT2D eigenvalue weighted by Crippen LogP contribution is -2.52. The highest BCUT2D eigenvalue weighted by atomic mass is 16.5. The van der Waals surface area contributed by atoms with Gasteiger partial charge in [0.05, 0.1) is 38.8 Å². The van der Waals surface area contributed by atoms with Crippen LogP contribution in [0.3, 0.4) is 0 Å². The minimum Gasteiger partial charge on any atom is -0.396 e. The molecule has 1 N–H and O–H groups in total. The van der Waals surface area contributed by atoms with Gasteiger partial charge in [-0.2, -0.15) is 0 Å². The van der Waals surface area contributed by atoms with Gasteiger partial charge in [-0.3, -0.25) is 0 Å². The largest absolute Gasteiger partial charge is 0.396 e. The summed E-state index contributed by atoms with van der Waals surface area (Å²) in [4.78, 5) is 0. The minimum atomic E-state index is -0.134. The summed E-state index contributed by atoms with van der Waals surface area (Å²) in [5, 5.41) is 24.1. The van der Waals surface area contributed by atoms with Crippen LogP contribution in [0.5, 0.6) is 0 Å². The number of aliphatic hydroxyl groups excluding tert-OH is 1. The number of aliphatic hydroxyl groups is 1. The van der Waals surface area contributed by atoms with Gasteiger partial charge in [-0.15, -0.1) is 10.2 Å². The summed E-state index contributed by atoms with van der Waals surface area (Å²) >= 11 is 0. The maximum atomic E-state index is 8.85. The average molecular weight is 399 g/mol. The lowest BCUT2D eigenvalue weighted by Gasteiger charge is -2.40. The lowest BCUT2D eigenvalue weighted by molar-refractivity contribution is -0.117. The van der Waals surface area contributed by atoms with Gasteiger partial charge >= 0.3 is 0 Å². The first-order valence-electron chi connectivity index (χ1n) is 10.2. The van der Waals surface area contributed by atoms with Gasteiger partial charge in [0, 0.05) is 25.4 Å². The van der Waals surface area contributed by atoms with Crippen LogP contribution in [-0.4, -0.2) is 68.1 Å². The molecule has 0 saturated carbocycles. The van der Waals surface area contributed by atoms with Crippen molar-refractivity contribution in [3.05, 3.63) is 24.8 Å². The Labute approximate surface area is 169 Å². The van der Waals surface area contributed by atoms with Crippen LogP contribution in [0.25, 0.3) is 0 Å². The molecule has 2 saturated heterocycles. The number of ether oxygens (including phenoxy) is 2. The molecule has 0 amide bonds. The molecule has 0 aliphatic carbocycles. The molecule has 2 aromatic heterocycles. The molecule has 0 bridgehead atoms. The third-order valence-electron chi connectivity index (χ3n) is 4.03. The summed E-state index contributed by atoms with van der Waals surface area (Å²) in [6, 6.07) is 0. The van der Waals surface area contributed by atoms with Gasteiger partial charge in [-0.25, -0.2) is 9.36 Å². The van der Waals surface area contributed by atoms with Crippen molar-refractivity contribution < 1.29 is 14.6 Å². The Bertz CT molecular complexity index is 567. The summed E-state index contributed by atoms with van der Waals surface area (Å²) < 4.78 is 13.8. The number of nitrogens with zero attached hydrogens (tertiary/aromatic N) is 6. The molecule has 0 radical (unpaired) electrons. The fourth-order valence-electron chi connectivity index (χ4n) is 2.42. The topological polar surface area (TPSA) is 100 Å². The summed E-state index contributed by atoms with van der Waals surface area (Å²) in [5.41, 5.74) is -0.0677. The van der Waals surface area contributed by atoms with Crippen molar-refractivity contribution in [2.45, 2.75) is 66.0 Å². The molecule has 28 heavy (non-hydrogen) atoms. The zero-order valence-electron chi connectivity index (χ0n) is 18.5. The van der Waals surface area contributed by atoms with Crippen molar-refractivity contribution in [1.82, 2.24) is 30.0 Å². The molecule has 9 heteroatoms. The molecule has 2 aromatic rings. The van der Waals surface area contributed by atoms with Crippen LogP contribution in [0.4, 0.5) is 0 Å². The summed E-state index contributed by atoms with van der Waals surface area (Å²) in [6.45, 7) is 17.0. The number of rotatable bonds is 4. The first-order chi connectivity index (χ1) is 13.7. The first-order valence-corrected chi connectivity index (χ1v) is 10.2. The molecule has 2 fully saturated rings. The van der Waals surface area contributed by atoms with Crippen molar-refractivity contribution in [1.29, 1.82) is 0 Å². The van der Waals surface area contributed by atoms with Crippen LogP contribution in [0.1, 0.15) is 54.9 Å². The predicted octanol–water partition coefficient (Wildman–Crippen LogP) is 2.49. The van der Waals surface area contributed by atoms with Crippen molar-refractivity contribution in [3.8, 4) is 0 Å². The predicted molar refractivity (Wildman–Crippen MR) is 109 cm³/mol. The highest BCUT2D eigenvalue weighted by Crippen LogP contribution is 2.28. The highest BCUT2D eigenvalue weighted by Gasteiger charge is 2.40. The van der Waals surface area contributed by atoms with Crippen LogP contribution in [0, 0.1) is 0 Å². The Balaban J connectivity index is 0.000000416. The summed E-state index contributed by atoms with van der Waals surface area (Å²) in [5.74, 6) is 0. The van der Waals surface area contributed by atoms with E-state index in [0.29, 0.717) is 19.6 Å². The van der Waals surface area contributed by atoms with Crippen LogP contribution >= 0.6 is 0 Å². The molecule has 4 rings (SSSR count). The van der Waals surface area contributed by atoms with Crippen LogP contribution in [-0.2, 0) is 20.6 Å². The molecular formula is C19H38N6O3. The minimum absolute atomic E-state index is 0.0660. The van der Waals surface area contributed by atoms with Crippen LogP contribution in [0.2, 0.25) is 0 Å².